The summed E-state index contributed by atoms with van der Waals surface area (Å²) in [5.41, 5.74) is -1.66. The first-order chi connectivity index (χ1) is 10.1. The molecule has 0 amide bonds. The highest BCUT2D eigenvalue weighted by Gasteiger charge is 2.48. The van der Waals surface area contributed by atoms with E-state index in [9.17, 15) is 23.9 Å². The van der Waals surface area contributed by atoms with Crippen molar-refractivity contribution in [3.05, 3.63) is 12.7 Å². The van der Waals surface area contributed by atoms with E-state index in [4.69, 9.17) is 9.47 Å². The third kappa shape index (κ3) is 6.09. The molecule has 0 radical (unpaired) electrons. The molecule has 0 rings (SSSR count). The molecule has 0 saturated heterocycles. The highest BCUT2D eigenvalue weighted by Crippen LogP contribution is 2.52. The molecule has 0 aromatic carbocycles. The van der Waals surface area contributed by atoms with Crippen molar-refractivity contribution in [3.8, 4) is 0 Å². The molecule has 0 fully saturated rings. The van der Waals surface area contributed by atoms with E-state index >= 15 is 0 Å². The molecule has 2 N–H and O–H groups in total. The largest absolute Gasteiger partial charge is 0.464 e. The maximum atomic E-state index is 11.8. The van der Waals surface area contributed by atoms with E-state index in [-0.39, 0.29) is 0 Å². The summed E-state index contributed by atoms with van der Waals surface area (Å²) in [6.07, 6.45) is 0.972. The smallest absolute Gasteiger partial charge is 0.342 e. The van der Waals surface area contributed by atoms with Crippen LogP contribution in [0.4, 0.5) is 0 Å². The molecule has 0 unspecified atom stereocenters. The lowest BCUT2D eigenvalue weighted by molar-refractivity contribution is -0.157. The van der Waals surface area contributed by atoms with Crippen molar-refractivity contribution >= 4 is 19.5 Å². The van der Waals surface area contributed by atoms with Gasteiger partial charge in [-0.1, -0.05) is 6.08 Å². The Balaban J connectivity index is 5.29. The van der Waals surface area contributed by atoms with Crippen LogP contribution in [0.2, 0.25) is 0 Å². The number of hydrogen-bond acceptors (Lipinski definition) is 5. The predicted molar refractivity (Wildman–Crippen MR) is 85.8 cm³/mol. The van der Waals surface area contributed by atoms with Gasteiger partial charge in [0, 0.05) is 0 Å². The SMILES string of the molecule is C=CC(COC(=O)C(C)(C)C)(COC(=O)C(C)(C)C)P(=O)(O)O. The van der Waals surface area contributed by atoms with E-state index in [1.165, 1.54) is 0 Å². The molecule has 0 aliphatic carbocycles. The molecule has 0 heterocycles. The summed E-state index contributed by atoms with van der Waals surface area (Å²) in [7, 11) is -4.80. The zero-order chi connectivity index (χ0) is 18.7. The fraction of sp³-hybridized carbons (Fsp3) is 0.733. The molecule has 7 nitrogen and oxygen atoms in total. The molecule has 0 aliphatic rings. The van der Waals surface area contributed by atoms with Gasteiger partial charge in [0.05, 0.1) is 10.8 Å². The monoisotopic (exact) mass is 350 g/mol. The van der Waals surface area contributed by atoms with Crippen molar-refractivity contribution < 1.29 is 33.4 Å². The third-order valence-electron chi connectivity index (χ3n) is 3.09. The van der Waals surface area contributed by atoms with Crippen molar-refractivity contribution in [2.45, 2.75) is 46.7 Å². The summed E-state index contributed by atoms with van der Waals surface area (Å²) in [4.78, 5) is 42.9. The Morgan fingerprint density at radius 2 is 1.26 bits per heavy atom. The summed E-state index contributed by atoms with van der Waals surface area (Å²) in [6, 6.07) is 0. The lowest BCUT2D eigenvalue weighted by atomic mass is 9.97. The van der Waals surface area contributed by atoms with Crippen molar-refractivity contribution in [2.24, 2.45) is 10.8 Å². The van der Waals surface area contributed by atoms with Crippen LogP contribution in [0, 0.1) is 10.8 Å². The lowest BCUT2D eigenvalue weighted by Gasteiger charge is -2.32. The summed E-state index contributed by atoms with van der Waals surface area (Å²) >= 11 is 0. The van der Waals surface area contributed by atoms with E-state index in [2.05, 4.69) is 6.58 Å². The van der Waals surface area contributed by atoms with Crippen LogP contribution in [0.3, 0.4) is 0 Å². The molecule has 0 saturated carbocycles. The summed E-state index contributed by atoms with van der Waals surface area (Å²) in [5.74, 6) is -1.25. The maximum absolute atomic E-state index is 11.8. The van der Waals surface area contributed by atoms with Gasteiger partial charge in [-0.05, 0) is 41.5 Å². The van der Waals surface area contributed by atoms with Crippen LogP contribution < -0.4 is 0 Å². The highest BCUT2D eigenvalue weighted by atomic mass is 31.2. The fourth-order valence-electron chi connectivity index (χ4n) is 1.26. The first-order valence-corrected chi connectivity index (χ1v) is 8.72. The Morgan fingerprint density at radius 3 is 1.43 bits per heavy atom. The quantitative estimate of drug-likeness (QED) is 0.429. The van der Waals surface area contributed by atoms with E-state index in [1.54, 1.807) is 41.5 Å². The minimum absolute atomic E-state index is 0.626. The van der Waals surface area contributed by atoms with E-state index < -0.39 is 48.7 Å². The normalized spacial score (nSPS) is 13.4. The zero-order valence-electron chi connectivity index (χ0n) is 14.6. The highest BCUT2D eigenvalue weighted by molar-refractivity contribution is 7.54. The second-order valence-corrected chi connectivity index (χ2v) is 9.48. The molecular formula is C15H27O7P. The van der Waals surface area contributed by atoms with Crippen LogP contribution in [0.15, 0.2) is 12.7 Å². The van der Waals surface area contributed by atoms with Gasteiger partial charge in [0.15, 0.2) is 5.16 Å². The van der Waals surface area contributed by atoms with Gasteiger partial charge in [0.1, 0.15) is 13.2 Å². The number of hydrogen-bond donors (Lipinski definition) is 2. The zero-order valence-corrected chi connectivity index (χ0v) is 15.5. The van der Waals surface area contributed by atoms with Gasteiger partial charge in [-0.3, -0.25) is 14.2 Å². The average molecular weight is 350 g/mol. The molecule has 0 bridgehead atoms. The van der Waals surface area contributed by atoms with E-state index in [0.717, 1.165) is 6.08 Å². The predicted octanol–water partition coefficient (Wildman–Crippen LogP) is 2.27. The Hall–Kier alpha value is -1.17. The van der Waals surface area contributed by atoms with Crippen LogP contribution in [0.1, 0.15) is 41.5 Å². The number of rotatable bonds is 6. The Bertz CT molecular complexity index is 475. The Kier molecular flexibility index (Phi) is 6.79. The minimum Gasteiger partial charge on any atom is -0.464 e. The molecular weight excluding hydrogens is 323 g/mol. The number of ether oxygens (including phenoxy) is 2. The van der Waals surface area contributed by atoms with E-state index in [0.29, 0.717) is 0 Å². The van der Waals surface area contributed by atoms with Crippen LogP contribution in [-0.2, 0) is 23.6 Å². The van der Waals surface area contributed by atoms with Gasteiger partial charge >= 0.3 is 19.5 Å². The minimum atomic E-state index is -4.80. The van der Waals surface area contributed by atoms with Crippen molar-refractivity contribution in [1.29, 1.82) is 0 Å². The Morgan fingerprint density at radius 1 is 0.957 bits per heavy atom. The van der Waals surface area contributed by atoms with E-state index in [1.807, 2.05) is 0 Å². The molecule has 0 spiro atoms. The molecule has 0 aromatic heterocycles. The van der Waals surface area contributed by atoms with Gasteiger partial charge in [0.25, 0.3) is 0 Å². The first kappa shape index (κ1) is 21.8. The van der Waals surface area contributed by atoms with Crippen LogP contribution in [0.25, 0.3) is 0 Å². The van der Waals surface area contributed by atoms with Gasteiger partial charge < -0.3 is 19.3 Å². The molecule has 0 aliphatic heterocycles. The topological polar surface area (TPSA) is 110 Å². The van der Waals surface area contributed by atoms with Gasteiger partial charge in [0.2, 0.25) is 0 Å². The number of carbonyl (C=O) groups excluding carboxylic acids is 2. The maximum Gasteiger partial charge on any atom is 0.342 e. The summed E-state index contributed by atoms with van der Waals surface area (Å²) in [6.45, 7) is 11.8. The second kappa shape index (κ2) is 7.16. The van der Waals surface area contributed by atoms with Crippen molar-refractivity contribution in [2.75, 3.05) is 13.2 Å². The molecule has 23 heavy (non-hydrogen) atoms. The number of carbonyl (C=O) groups is 2. The third-order valence-corrected chi connectivity index (χ3v) is 4.69. The lowest BCUT2D eigenvalue weighted by Crippen LogP contribution is -2.41. The average Bonchev–Trinajstić information content (AvgIpc) is 2.34. The van der Waals surface area contributed by atoms with Crippen LogP contribution in [-0.4, -0.2) is 40.1 Å². The molecule has 134 valence electrons. The molecule has 0 aromatic rings. The number of esters is 2. The molecule has 8 heteroatoms. The van der Waals surface area contributed by atoms with Crippen LogP contribution in [0.5, 0.6) is 0 Å². The standard InChI is InChI=1S/C15H27O7P/c1-8-15(23(18,19)20,9-21-11(16)13(2,3)4)10-22-12(17)14(5,6)7/h8H,1,9-10H2,2-7H3,(H2,18,19,20). The van der Waals surface area contributed by atoms with Gasteiger partial charge in [-0.25, -0.2) is 0 Å². The fourth-order valence-corrected chi connectivity index (χ4v) is 1.96. The summed E-state index contributed by atoms with van der Waals surface area (Å²) < 4.78 is 21.9. The summed E-state index contributed by atoms with van der Waals surface area (Å²) in [5, 5.41) is -1.98. The van der Waals surface area contributed by atoms with Crippen LogP contribution >= 0.6 is 7.60 Å². The van der Waals surface area contributed by atoms with Crippen molar-refractivity contribution in [3.63, 3.8) is 0 Å². The van der Waals surface area contributed by atoms with Gasteiger partial charge in [-0.15, -0.1) is 6.58 Å². The van der Waals surface area contributed by atoms with Crippen molar-refractivity contribution in [1.82, 2.24) is 0 Å². The molecule has 0 atom stereocenters. The Labute approximate surface area is 137 Å². The second-order valence-electron chi connectivity index (χ2n) is 7.50. The van der Waals surface area contributed by atoms with Gasteiger partial charge in [-0.2, -0.15) is 0 Å². The first-order valence-electron chi connectivity index (χ1n) is 7.10.